The molecule has 0 bridgehead atoms. The summed E-state index contributed by atoms with van der Waals surface area (Å²) < 4.78 is 5.12. The van der Waals surface area contributed by atoms with Crippen molar-refractivity contribution in [2.24, 2.45) is 5.92 Å². The molecule has 1 aromatic rings. The Morgan fingerprint density at radius 2 is 2.33 bits per heavy atom. The molecular weight excluding hydrogens is 250 g/mol. The quantitative estimate of drug-likeness (QED) is 0.852. The van der Waals surface area contributed by atoms with Crippen molar-refractivity contribution in [1.82, 2.24) is 5.32 Å². The Bertz CT molecular complexity index is 422. The lowest BCUT2D eigenvalue weighted by Gasteiger charge is -2.19. The molecule has 1 amide bonds. The van der Waals surface area contributed by atoms with E-state index in [4.69, 9.17) is 16.3 Å². The first-order chi connectivity index (χ1) is 8.74. The van der Waals surface area contributed by atoms with Crippen molar-refractivity contribution in [2.75, 3.05) is 13.0 Å². The van der Waals surface area contributed by atoms with Crippen LogP contribution in [0.15, 0.2) is 24.3 Å². The van der Waals surface area contributed by atoms with Crippen LogP contribution < -0.4 is 10.1 Å². The summed E-state index contributed by atoms with van der Waals surface area (Å²) in [6.07, 6.45) is 3.26. The fourth-order valence-electron chi connectivity index (χ4n) is 2.43. The molecular formula is C14H18ClNO2. The molecule has 0 aliphatic heterocycles. The fourth-order valence-corrected chi connectivity index (χ4v) is 2.80. The average Bonchev–Trinajstić information content (AvgIpc) is 2.86. The van der Waals surface area contributed by atoms with Gasteiger partial charge in [0.25, 0.3) is 5.91 Å². The van der Waals surface area contributed by atoms with Gasteiger partial charge in [-0.25, -0.2) is 0 Å². The third-order valence-electron chi connectivity index (χ3n) is 3.51. The van der Waals surface area contributed by atoms with Gasteiger partial charge in [0, 0.05) is 17.5 Å². The first-order valence-corrected chi connectivity index (χ1v) is 6.79. The summed E-state index contributed by atoms with van der Waals surface area (Å²) in [6.45, 7) is 0. The van der Waals surface area contributed by atoms with E-state index in [0.29, 0.717) is 23.1 Å². The zero-order valence-electron chi connectivity index (χ0n) is 10.5. The Balaban J connectivity index is 2.02. The zero-order valence-corrected chi connectivity index (χ0v) is 11.2. The summed E-state index contributed by atoms with van der Waals surface area (Å²) >= 11 is 5.91. The third-order valence-corrected chi connectivity index (χ3v) is 3.90. The van der Waals surface area contributed by atoms with E-state index in [9.17, 15) is 4.79 Å². The highest BCUT2D eigenvalue weighted by atomic mass is 35.5. The number of ether oxygens (including phenoxy) is 1. The molecule has 18 heavy (non-hydrogen) atoms. The minimum absolute atomic E-state index is 0.0454. The molecule has 0 heterocycles. The maximum atomic E-state index is 12.1. The summed E-state index contributed by atoms with van der Waals surface area (Å²) in [4.78, 5) is 12.1. The Morgan fingerprint density at radius 1 is 1.50 bits per heavy atom. The lowest BCUT2D eigenvalue weighted by Crippen LogP contribution is -2.37. The predicted octanol–water partition coefficient (Wildman–Crippen LogP) is 2.83. The van der Waals surface area contributed by atoms with Crippen LogP contribution in [0.1, 0.15) is 29.6 Å². The van der Waals surface area contributed by atoms with Crippen molar-refractivity contribution in [3.63, 3.8) is 0 Å². The van der Waals surface area contributed by atoms with Crippen LogP contribution in [0.2, 0.25) is 0 Å². The van der Waals surface area contributed by atoms with Crippen molar-refractivity contribution in [2.45, 2.75) is 25.3 Å². The van der Waals surface area contributed by atoms with Gasteiger partial charge in [-0.15, -0.1) is 11.6 Å². The minimum atomic E-state index is -0.0454. The summed E-state index contributed by atoms with van der Waals surface area (Å²) in [6, 6.07) is 7.40. The molecule has 1 aromatic carbocycles. The topological polar surface area (TPSA) is 38.3 Å². The van der Waals surface area contributed by atoms with Crippen LogP contribution in [0, 0.1) is 5.92 Å². The number of halogens is 1. The highest BCUT2D eigenvalue weighted by molar-refractivity contribution is 6.18. The number of carbonyl (C=O) groups excluding carboxylic acids is 1. The molecule has 1 aliphatic rings. The van der Waals surface area contributed by atoms with Crippen LogP contribution in [0.4, 0.5) is 0 Å². The molecule has 2 unspecified atom stereocenters. The number of rotatable bonds is 4. The number of methoxy groups -OCH3 is 1. The SMILES string of the molecule is COc1cccc(C(=O)NC2CCCC2CCl)c1. The zero-order chi connectivity index (χ0) is 13.0. The van der Waals surface area contributed by atoms with Crippen LogP contribution in [-0.2, 0) is 0 Å². The van der Waals surface area contributed by atoms with Crippen LogP contribution >= 0.6 is 11.6 Å². The fraction of sp³-hybridized carbons (Fsp3) is 0.500. The van der Waals surface area contributed by atoms with Crippen molar-refractivity contribution in [1.29, 1.82) is 0 Å². The van der Waals surface area contributed by atoms with E-state index in [1.807, 2.05) is 12.1 Å². The van der Waals surface area contributed by atoms with Gasteiger partial charge >= 0.3 is 0 Å². The number of amides is 1. The van der Waals surface area contributed by atoms with Gasteiger partial charge in [0.15, 0.2) is 0 Å². The molecule has 3 nitrogen and oxygen atoms in total. The highest BCUT2D eigenvalue weighted by Crippen LogP contribution is 2.27. The minimum Gasteiger partial charge on any atom is -0.497 e. The summed E-state index contributed by atoms with van der Waals surface area (Å²) in [5.74, 6) is 1.67. The predicted molar refractivity (Wildman–Crippen MR) is 72.3 cm³/mol. The van der Waals surface area contributed by atoms with E-state index in [1.54, 1.807) is 19.2 Å². The first-order valence-electron chi connectivity index (χ1n) is 6.25. The largest absolute Gasteiger partial charge is 0.497 e. The van der Waals surface area contributed by atoms with Gasteiger partial charge < -0.3 is 10.1 Å². The Morgan fingerprint density at radius 3 is 3.06 bits per heavy atom. The summed E-state index contributed by atoms with van der Waals surface area (Å²) in [5.41, 5.74) is 0.634. The maximum absolute atomic E-state index is 12.1. The van der Waals surface area contributed by atoms with Crippen molar-refractivity contribution in [3.8, 4) is 5.75 Å². The second kappa shape index (κ2) is 6.10. The lowest BCUT2D eigenvalue weighted by atomic mass is 10.1. The molecule has 2 atom stereocenters. The smallest absolute Gasteiger partial charge is 0.251 e. The molecule has 0 spiro atoms. The van der Waals surface area contributed by atoms with Gasteiger partial charge in [0.05, 0.1) is 7.11 Å². The Hall–Kier alpha value is -1.22. The number of hydrogen-bond donors (Lipinski definition) is 1. The number of hydrogen-bond acceptors (Lipinski definition) is 2. The van der Waals surface area contributed by atoms with Gasteiger partial charge in [-0.3, -0.25) is 4.79 Å². The van der Waals surface area contributed by atoms with E-state index >= 15 is 0 Å². The average molecular weight is 268 g/mol. The molecule has 2 rings (SSSR count). The monoisotopic (exact) mass is 267 g/mol. The molecule has 98 valence electrons. The van der Waals surface area contributed by atoms with Crippen LogP contribution in [0.25, 0.3) is 0 Å². The molecule has 4 heteroatoms. The van der Waals surface area contributed by atoms with Gasteiger partial charge in [-0.1, -0.05) is 12.5 Å². The summed E-state index contributed by atoms with van der Waals surface area (Å²) in [5, 5.41) is 3.07. The molecule has 1 fully saturated rings. The van der Waals surface area contributed by atoms with Gasteiger partial charge in [-0.2, -0.15) is 0 Å². The van der Waals surface area contributed by atoms with Crippen LogP contribution in [0.5, 0.6) is 5.75 Å². The normalized spacial score (nSPS) is 22.8. The summed E-state index contributed by atoms with van der Waals surface area (Å²) in [7, 11) is 1.59. The number of nitrogens with one attached hydrogen (secondary N) is 1. The van der Waals surface area contributed by atoms with Crippen molar-refractivity contribution >= 4 is 17.5 Å². The molecule has 0 radical (unpaired) electrons. The second-order valence-electron chi connectivity index (χ2n) is 4.66. The van der Waals surface area contributed by atoms with E-state index in [0.717, 1.165) is 19.3 Å². The Labute approximate surface area is 112 Å². The van der Waals surface area contributed by atoms with Crippen molar-refractivity contribution in [3.05, 3.63) is 29.8 Å². The van der Waals surface area contributed by atoms with Gasteiger partial charge in [-0.05, 0) is 37.0 Å². The third kappa shape index (κ3) is 2.96. The number of benzene rings is 1. The number of carbonyl (C=O) groups is 1. The second-order valence-corrected chi connectivity index (χ2v) is 4.97. The molecule has 0 saturated heterocycles. The Kier molecular flexibility index (Phi) is 4.48. The van der Waals surface area contributed by atoms with Crippen molar-refractivity contribution < 1.29 is 9.53 Å². The van der Waals surface area contributed by atoms with E-state index < -0.39 is 0 Å². The van der Waals surface area contributed by atoms with Crippen LogP contribution in [0.3, 0.4) is 0 Å². The van der Waals surface area contributed by atoms with Gasteiger partial charge in [0.2, 0.25) is 0 Å². The molecule has 1 aliphatic carbocycles. The molecule has 1 N–H and O–H groups in total. The lowest BCUT2D eigenvalue weighted by molar-refractivity contribution is 0.0929. The molecule has 1 saturated carbocycles. The van der Waals surface area contributed by atoms with E-state index in [2.05, 4.69) is 5.32 Å². The van der Waals surface area contributed by atoms with E-state index in [1.165, 1.54) is 0 Å². The van der Waals surface area contributed by atoms with Crippen LogP contribution in [-0.4, -0.2) is 24.9 Å². The highest BCUT2D eigenvalue weighted by Gasteiger charge is 2.27. The molecule has 0 aromatic heterocycles. The maximum Gasteiger partial charge on any atom is 0.251 e. The number of alkyl halides is 1. The standard InChI is InChI=1S/C14H18ClNO2/c1-18-12-6-2-4-10(8-12)14(17)16-13-7-3-5-11(13)9-15/h2,4,6,8,11,13H,3,5,7,9H2,1H3,(H,16,17). The van der Waals surface area contributed by atoms with E-state index in [-0.39, 0.29) is 11.9 Å². The van der Waals surface area contributed by atoms with Gasteiger partial charge in [0.1, 0.15) is 5.75 Å². The first kappa shape index (κ1) is 13.2.